The van der Waals surface area contributed by atoms with Gasteiger partial charge in [0, 0.05) is 0 Å². The number of carbonyl (C=O) groups excluding carboxylic acids is 1. The maximum Gasteiger partial charge on any atom is 0.156 e. The maximum atomic E-state index is 12.7. The lowest BCUT2D eigenvalue weighted by atomic mass is 10.1. The second-order valence-corrected chi connectivity index (χ2v) is 2.30. The van der Waals surface area contributed by atoms with Gasteiger partial charge < -0.3 is 5.11 Å². The van der Waals surface area contributed by atoms with Crippen LogP contribution in [-0.4, -0.2) is 11.4 Å². The van der Waals surface area contributed by atoms with E-state index in [1.54, 1.807) is 6.92 Å². The number of phenols is 1. The van der Waals surface area contributed by atoms with E-state index in [2.05, 4.69) is 0 Å². The van der Waals surface area contributed by atoms with Crippen molar-refractivity contribution in [3.8, 4) is 5.75 Å². The van der Waals surface area contributed by atoms with Gasteiger partial charge in [0.05, 0.1) is 5.56 Å². The van der Waals surface area contributed by atoms with Gasteiger partial charge in [0.25, 0.3) is 0 Å². The quantitative estimate of drug-likeness (QED) is 0.624. The minimum absolute atomic E-state index is 0.282. The van der Waals surface area contributed by atoms with Crippen LogP contribution in [0, 0.1) is 12.7 Å². The fourth-order valence-corrected chi connectivity index (χ4v) is 0.852. The summed E-state index contributed by atoms with van der Waals surface area (Å²) in [6.45, 7) is 1.64. The number of hydrogen-bond acceptors (Lipinski definition) is 2. The third-order valence-corrected chi connectivity index (χ3v) is 1.37. The molecule has 0 unspecified atom stereocenters. The average Bonchev–Trinajstić information content (AvgIpc) is 1.85. The molecule has 0 amide bonds. The Hall–Kier alpha value is -1.38. The van der Waals surface area contributed by atoms with Gasteiger partial charge >= 0.3 is 0 Å². The van der Waals surface area contributed by atoms with Crippen molar-refractivity contribution < 1.29 is 14.3 Å². The van der Waals surface area contributed by atoms with Gasteiger partial charge in [-0.05, 0) is 24.6 Å². The lowest BCUT2D eigenvalue weighted by Gasteiger charge is -1.99. The predicted molar refractivity (Wildman–Crippen MR) is 38.2 cm³/mol. The Balaban J connectivity index is 3.36. The minimum Gasteiger partial charge on any atom is -0.507 e. The molecule has 3 heteroatoms. The summed E-state index contributed by atoms with van der Waals surface area (Å²) in [4.78, 5) is 10.2. The Kier molecular flexibility index (Phi) is 1.89. The van der Waals surface area contributed by atoms with Gasteiger partial charge in [0.1, 0.15) is 11.6 Å². The summed E-state index contributed by atoms with van der Waals surface area (Å²) >= 11 is 0. The number of halogens is 1. The SMILES string of the molecule is Cc1cc(O)c(C=O)c(F)c1. The molecule has 1 rings (SSSR count). The van der Waals surface area contributed by atoms with Crippen LogP contribution in [0.5, 0.6) is 5.75 Å². The fourth-order valence-electron chi connectivity index (χ4n) is 0.852. The van der Waals surface area contributed by atoms with Crippen LogP contribution in [-0.2, 0) is 0 Å². The minimum atomic E-state index is -0.683. The number of phenolic OH excluding ortho intramolecular Hbond substituents is 1. The molecule has 0 fully saturated rings. The maximum absolute atomic E-state index is 12.7. The molecule has 0 aromatic heterocycles. The van der Waals surface area contributed by atoms with E-state index < -0.39 is 5.82 Å². The van der Waals surface area contributed by atoms with Gasteiger partial charge in [-0.3, -0.25) is 4.79 Å². The van der Waals surface area contributed by atoms with E-state index in [9.17, 15) is 9.18 Å². The second-order valence-electron chi connectivity index (χ2n) is 2.30. The monoisotopic (exact) mass is 154 g/mol. The van der Waals surface area contributed by atoms with Crippen LogP contribution in [0.25, 0.3) is 0 Å². The molecule has 0 saturated heterocycles. The highest BCUT2D eigenvalue weighted by Gasteiger charge is 2.06. The molecule has 2 nitrogen and oxygen atoms in total. The summed E-state index contributed by atoms with van der Waals surface area (Å²) < 4.78 is 12.7. The van der Waals surface area contributed by atoms with E-state index in [1.165, 1.54) is 12.1 Å². The zero-order chi connectivity index (χ0) is 8.43. The van der Waals surface area contributed by atoms with Crippen LogP contribution in [0.2, 0.25) is 0 Å². The molecule has 0 atom stereocenters. The van der Waals surface area contributed by atoms with E-state index in [1.807, 2.05) is 0 Å². The van der Waals surface area contributed by atoms with Crippen molar-refractivity contribution in [3.05, 3.63) is 29.1 Å². The number of benzene rings is 1. The van der Waals surface area contributed by atoms with E-state index in [4.69, 9.17) is 5.11 Å². The van der Waals surface area contributed by atoms with Crippen LogP contribution >= 0.6 is 0 Å². The third kappa shape index (κ3) is 1.37. The first-order valence-electron chi connectivity index (χ1n) is 3.09. The highest BCUT2D eigenvalue weighted by molar-refractivity contribution is 5.79. The normalized spacial score (nSPS) is 9.64. The molecular formula is C8H7FO2. The van der Waals surface area contributed by atoms with E-state index in [-0.39, 0.29) is 11.3 Å². The number of aldehydes is 1. The smallest absolute Gasteiger partial charge is 0.156 e. The van der Waals surface area contributed by atoms with Crippen molar-refractivity contribution in [3.63, 3.8) is 0 Å². The van der Waals surface area contributed by atoms with Crippen molar-refractivity contribution in [2.75, 3.05) is 0 Å². The molecule has 0 saturated carbocycles. The lowest BCUT2D eigenvalue weighted by molar-refractivity contribution is 0.111. The second kappa shape index (κ2) is 2.70. The zero-order valence-corrected chi connectivity index (χ0v) is 5.97. The number of aryl methyl sites for hydroxylation is 1. The molecule has 0 heterocycles. The standard InChI is InChI=1S/C8H7FO2/c1-5-2-7(9)6(4-10)8(11)3-5/h2-4,11H,1H3. The molecule has 58 valence electrons. The number of aromatic hydroxyl groups is 1. The summed E-state index contributed by atoms with van der Waals surface area (Å²) in [5.74, 6) is -0.991. The molecule has 1 aromatic carbocycles. The van der Waals surface area contributed by atoms with Crippen molar-refractivity contribution in [2.45, 2.75) is 6.92 Å². The highest BCUT2D eigenvalue weighted by atomic mass is 19.1. The van der Waals surface area contributed by atoms with Gasteiger partial charge in [-0.1, -0.05) is 0 Å². The fraction of sp³-hybridized carbons (Fsp3) is 0.125. The molecule has 0 spiro atoms. The summed E-state index contributed by atoms with van der Waals surface area (Å²) in [7, 11) is 0. The topological polar surface area (TPSA) is 37.3 Å². The van der Waals surface area contributed by atoms with Crippen LogP contribution in [0.3, 0.4) is 0 Å². The summed E-state index contributed by atoms with van der Waals surface area (Å²) in [5, 5.41) is 9.00. The first kappa shape index (κ1) is 7.72. The molecule has 1 aromatic rings. The Morgan fingerprint density at radius 3 is 2.64 bits per heavy atom. The number of rotatable bonds is 1. The lowest BCUT2D eigenvalue weighted by Crippen LogP contribution is -1.89. The van der Waals surface area contributed by atoms with Crippen LogP contribution in [0.4, 0.5) is 4.39 Å². The Morgan fingerprint density at radius 2 is 2.18 bits per heavy atom. The summed E-state index contributed by atoms with van der Waals surface area (Å²) in [6.07, 6.45) is 0.296. The number of carbonyl (C=O) groups is 1. The molecule has 0 bridgehead atoms. The zero-order valence-electron chi connectivity index (χ0n) is 5.97. The summed E-state index contributed by atoms with van der Waals surface area (Å²) in [5.41, 5.74) is 0.307. The molecule has 1 N–H and O–H groups in total. The van der Waals surface area contributed by atoms with Crippen LogP contribution < -0.4 is 0 Å². The Morgan fingerprint density at radius 1 is 1.55 bits per heavy atom. The average molecular weight is 154 g/mol. The van der Waals surface area contributed by atoms with Crippen molar-refractivity contribution in [1.29, 1.82) is 0 Å². The van der Waals surface area contributed by atoms with Crippen LogP contribution in [0.1, 0.15) is 15.9 Å². The number of hydrogen-bond donors (Lipinski definition) is 1. The van der Waals surface area contributed by atoms with E-state index in [0.717, 1.165) is 0 Å². The van der Waals surface area contributed by atoms with Gasteiger partial charge in [0.2, 0.25) is 0 Å². The Labute approximate surface area is 63.3 Å². The van der Waals surface area contributed by atoms with Crippen molar-refractivity contribution in [2.24, 2.45) is 0 Å². The Bertz CT molecular complexity index is 271. The van der Waals surface area contributed by atoms with Gasteiger partial charge in [-0.15, -0.1) is 0 Å². The molecule has 0 aliphatic carbocycles. The predicted octanol–water partition coefficient (Wildman–Crippen LogP) is 1.65. The van der Waals surface area contributed by atoms with Gasteiger partial charge in [-0.2, -0.15) is 0 Å². The van der Waals surface area contributed by atoms with Crippen LogP contribution in [0.15, 0.2) is 12.1 Å². The van der Waals surface area contributed by atoms with Gasteiger partial charge in [-0.25, -0.2) is 4.39 Å². The van der Waals surface area contributed by atoms with Gasteiger partial charge in [0.15, 0.2) is 6.29 Å². The van der Waals surface area contributed by atoms with E-state index in [0.29, 0.717) is 11.8 Å². The first-order valence-corrected chi connectivity index (χ1v) is 3.09. The van der Waals surface area contributed by atoms with Crippen molar-refractivity contribution in [1.82, 2.24) is 0 Å². The summed E-state index contributed by atoms with van der Waals surface area (Å²) in [6, 6.07) is 2.54. The third-order valence-electron chi connectivity index (χ3n) is 1.37. The molecular weight excluding hydrogens is 147 g/mol. The molecule has 11 heavy (non-hydrogen) atoms. The molecule has 0 aliphatic rings. The molecule has 0 aliphatic heterocycles. The first-order chi connectivity index (χ1) is 5.15. The van der Waals surface area contributed by atoms with E-state index >= 15 is 0 Å². The largest absolute Gasteiger partial charge is 0.507 e. The highest BCUT2D eigenvalue weighted by Crippen LogP contribution is 2.19. The molecule has 0 radical (unpaired) electrons. The van der Waals surface area contributed by atoms with Crippen molar-refractivity contribution >= 4 is 6.29 Å².